The molecule has 0 unspecified atom stereocenters. The van der Waals surface area contributed by atoms with Gasteiger partial charge in [-0.15, -0.1) is 11.3 Å². The van der Waals surface area contributed by atoms with Crippen molar-refractivity contribution in [3.8, 4) is 11.8 Å². The maximum Gasteiger partial charge on any atom is 0.416 e. The Labute approximate surface area is 369 Å². The van der Waals surface area contributed by atoms with Crippen LogP contribution in [-0.4, -0.2) is 129 Å². The van der Waals surface area contributed by atoms with Crippen molar-refractivity contribution in [2.75, 3.05) is 76.1 Å². The van der Waals surface area contributed by atoms with Gasteiger partial charge in [0, 0.05) is 119 Å². The molecule has 6 aromatic rings. The number of H-pyrrole nitrogens is 1. The van der Waals surface area contributed by atoms with E-state index in [-0.39, 0.29) is 23.6 Å². The average molecular weight is 871 g/mol. The zero-order chi connectivity index (χ0) is 43.8. The smallest absolute Gasteiger partial charge is 0.391 e. The lowest BCUT2D eigenvalue weighted by atomic mass is 10.2. The summed E-state index contributed by atoms with van der Waals surface area (Å²) in [5, 5.41) is 8.74. The van der Waals surface area contributed by atoms with Crippen LogP contribution < -0.4 is 20.1 Å². The van der Waals surface area contributed by atoms with Crippen molar-refractivity contribution >= 4 is 46.7 Å². The Morgan fingerprint density at radius 3 is 1.52 bits per heavy atom. The number of hydrogen-bond donors (Lipinski definition) is 3. The van der Waals surface area contributed by atoms with Crippen LogP contribution in [0.5, 0.6) is 11.8 Å². The fourth-order valence-corrected chi connectivity index (χ4v) is 7.48. The van der Waals surface area contributed by atoms with E-state index in [9.17, 15) is 19.2 Å². The second-order valence-electron chi connectivity index (χ2n) is 14.9. The Kier molecular flexibility index (Phi) is 15.6. The molecule has 2 fully saturated rings. The number of amides is 4. The maximum absolute atomic E-state index is 12.5. The minimum Gasteiger partial charge on any atom is -0.391 e. The summed E-state index contributed by atoms with van der Waals surface area (Å²) in [5.41, 5.74) is 4.53. The van der Waals surface area contributed by atoms with Crippen molar-refractivity contribution < 1.29 is 28.7 Å². The minimum atomic E-state index is -0.409. The lowest BCUT2D eigenvalue weighted by Crippen LogP contribution is -2.50. The molecule has 0 radical (unpaired) electrons. The summed E-state index contributed by atoms with van der Waals surface area (Å²) in [7, 11) is 0. The molecule has 3 N–H and O–H groups in total. The summed E-state index contributed by atoms with van der Waals surface area (Å²) in [6.45, 7) is 9.60. The van der Waals surface area contributed by atoms with E-state index >= 15 is 0 Å². The van der Waals surface area contributed by atoms with Gasteiger partial charge in [0.1, 0.15) is 0 Å². The first-order valence-electron chi connectivity index (χ1n) is 20.8. The molecule has 326 valence electrons. The molecule has 4 aromatic heterocycles. The lowest BCUT2D eigenvalue weighted by Gasteiger charge is -2.33. The topological polar surface area (TPSA) is 178 Å². The second kappa shape index (κ2) is 22.2. The Morgan fingerprint density at radius 1 is 0.619 bits per heavy atom. The van der Waals surface area contributed by atoms with Crippen molar-refractivity contribution in [3.05, 3.63) is 149 Å². The molecule has 6 heterocycles. The van der Waals surface area contributed by atoms with Gasteiger partial charge in [-0.1, -0.05) is 36.4 Å². The summed E-state index contributed by atoms with van der Waals surface area (Å²) in [6.07, 6.45) is 5.95. The number of rotatable bonds is 12. The molecule has 0 spiro atoms. The first-order chi connectivity index (χ1) is 30.7. The third kappa shape index (κ3) is 13.5. The quantitative estimate of drug-likeness (QED) is 0.123. The van der Waals surface area contributed by atoms with Gasteiger partial charge in [-0.25, -0.2) is 24.5 Å². The van der Waals surface area contributed by atoms with Gasteiger partial charge in [0.05, 0.1) is 34.5 Å². The van der Waals surface area contributed by atoms with Gasteiger partial charge < -0.3 is 34.9 Å². The Balaban J connectivity index is 0.000000189. The molecule has 63 heavy (non-hydrogen) atoms. The Morgan fingerprint density at radius 2 is 1.11 bits per heavy atom. The molecule has 0 atom stereocenters. The molecule has 2 aromatic carbocycles. The normalized spacial score (nSPS) is 14.2. The van der Waals surface area contributed by atoms with Crippen LogP contribution in [0.2, 0.25) is 0 Å². The first kappa shape index (κ1) is 44.1. The largest absolute Gasteiger partial charge is 0.416 e. The Hall–Kier alpha value is -6.95. The van der Waals surface area contributed by atoms with E-state index in [0.29, 0.717) is 48.7 Å². The number of thiazole rings is 1. The highest BCUT2D eigenvalue weighted by molar-refractivity contribution is 7.09. The number of nitrogens with zero attached hydrogens (tertiary/aromatic N) is 7. The average Bonchev–Trinajstić information content (AvgIpc) is 4.01. The number of anilines is 2. The fourth-order valence-electron chi connectivity index (χ4n) is 6.83. The van der Waals surface area contributed by atoms with E-state index in [1.54, 1.807) is 93.9 Å². The summed E-state index contributed by atoms with van der Waals surface area (Å²) >= 11 is 1.67. The monoisotopic (exact) mass is 870 g/mol. The third-order valence-electron chi connectivity index (χ3n) is 10.4. The van der Waals surface area contributed by atoms with Crippen molar-refractivity contribution in [2.24, 2.45) is 0 Å². The van der Waals surface area contributed by atoms with Crippen LogP contribution >= 0.6 is 11.3 Å². The second-order valence-corrected chi connectivity index (χ2v) is 15.9. The number of aromatic nitrogens is 4. The van der Waals surface area contributed by atoms with Crippen LogP contribution in [0.3, 0.4) is 0 Å². The number of ether oxygens (including phenoxy) is 2. The molecule has 2 saturated heterocycles. The molecule has 2 aliphatic rings. The van der Waals surface area contributed by atoms with Crippen LogP contribution in [0.4, 0.5) is 21.0 Å². The molecule has 4 amide bonds. The third-order valence-corrected chi connectivity index (χ3v) is 11.2. The predicted molar refractivity (Wildman–Crippen MR) is 240 cm³/mol. The van der Waals surface area contributed by atoms with Crippen LogP contribution in [0.25, 0.3) is 0 Å². The summed E-state index contributed by atoms with van der Waals surface area (Å²) in [6, 6.07) is 28.4. The lowest BCUT2D eigenvalue weighted by molar-refractivity contribution is 0.101. The van der Waals surface area contributed by atoms with Crippen LogP contribution in [0, 0.1) is 6.92 Å². The van der Waals surface area contributed by atoms with Gasteiger partial charge >= 0.3 is 12.2 Å². The summed E-state index contributed by atoms with van der Waals surface area (Å²) < 4.78 is 10.8. The van der Waals surface area contributed by atoms with Gasteiger partial charge in [-0.05, 0) is 55.5 Å². The first-order valence-corrected chi connectivity index (χ1v) is 21.7. The van der Waals surface area contributed by atoms with E-state index < -0.39 is 12.2 Å². The van der Waals surface area contributed by atoms with E-state index in [1.807, 2.05) is 31.3 Å². The predicted octanol–water partition coefficient (Wildman–Crippen LogP) is 6.48. The van der Waals surface area contributed by atoms with Crippen LogP contribution in [-0.2, 0) is 12.8 Å². The summed E-state index contributed by atoms with van der Waals surface area (Å²) in [4.78, 5) is 73.3. The number of aryl methyl sites for hydroxylation is 1. The van der Waals surface area contributed by atoms with E-state index in [4.69, 9.17) is 9.47 Å². The number of benzene rings is 2. The zero-order valence-electron chi connectivity index (χ0n) is 35.0. The van der Waals surface area contributed by atoms with Crippen LogP contribution in [0.15, 0.2) is 121 Å². The Bertz CT molecular complexity index is 2370. The number of carbonyl (C=O) groups is 4. The molecule has 17 heteroatoms. The van der Waals surface area contributed by atoms with Crippen molar-refractivity contribution in [2.45, 2.75) is 19.8 Å². The maximum atomic E-state index is 12.5. The molecule has 0 bridgehead atoms. The number of nitrogens with one attached hydrogen (secondary N) is 3. The van der Waals surface area contributed by atoms with E-state index in [0.717, 1.165) is 62.8 Å². The molecule has 0 aliphatic carbocycles. The van der Waals surface area contributed by atoms with E-state index in [1.165, 1.54) is 18.1 Å². The SMILES string of the molecule is Cc1nc(CCN2CCN(C(=O)Oc3ccc(NC(=O)c4ccccc4)cn3)CC2)cs1.O=C(Nc1ccc(OC(=O)N2CCN(CCc3ccc[nH]3)CC2)nc1)c1ccccc1. The highest BCUT2D eigenvalue weighted by atomic mass is 32.1. The molecular weight excluding hydrogens is 821 g/mol. The zero-order valence-corrected chi connectivity index (χ0v) is 35.8. The minimum absolute atomic E-state index is 0.203. The van der Waals surface area contributed by atoms with Gasteiger partial charge in [-0.2, -0.15) is 0 Å². The molecule has 0 saturated carbocycles. The van der Waals surface area contributed by atoms with Gasteiger partial charge in [0.15, 0.2) is 0 Å². The van der Waals surface area contributed by atoms with Crippen LogP contribution in [0.1, 0.15) is 37.1 Å². The highest BCUT2D eigenvalue weighted by Crippen LogP contribution is 2.17. The number of carbonyl (C=O) groups excluding carboxylic acids is 4. The number of pyridine rings is 2. The van der Waals surface area contributed by atoms with Crippen molar-refractivity contribution in [3.63, 3.8) is 0 Å². The molecule has 16 nitrogen and oxygen atoms in total. The number of piperazine rings is 2. The van der Waals surface area contributed by atoms with Crippen molar-refractivity contribution in [1.82, 2.24) is 39.5 Å². The highest BCUT2D eigenvalue weighted by Gasteiger charge is 2.24. The van der Waals surface area contributed by atoms with Gasteiger partial charge in [0.2, 0.25) is 11.8 Å². The standard InChI is InChI=1S/C23H25N5O3S.C23H25N5O3/c1-17-25-20(16-32-17)9-10-27-11-13-28(14-12-27)23(30)31-21-8-7-19(15-24-21)26-22(29)18-5-3-2-4-6-18;29-22(18-5-2-1-3-6-18)26-20-8-9-21(25-17-20)31-23(30)28-15-13-27(14-16-28)12-10-19-7-4-11-24-19/h2-8,15-16H,9-14H2,1H3,(H,26,29);1-9,11,17,24H,10,12-16H2,(H,26,29). The van der Waals surface area contributed by atoms with E-state index in [2.05, 4.69) is 51.8 Å². The number of hydrogen-bond acceptors (Lipinski definition) is 12. The van der Waals surface area contributed by atoms with Gasteiger partial charge in [0.25, 0.3) is 11.8 Å². The van der Waals surface area contributed by atoms with Gasteiger partial charge in [-0.3, -0.25) is 19.4 Å². The fraction of sp³-hybridized carbons (Fsp3) is 0.283. The number of aromatic amines is 1. The molecular formula is C46H50N10O6S. The van der Waals surface area contributed by atoms with Crippen molar-refractivity contribution in [1.29, 1.82) is 0 Å². The molecule has 8 rings (SSSR count). The molecule has 2 aliphatic heterocycles. The summed E-state index contributed by atoms with van der Waals surface area (Å²) in [5.74, 6) is -0.0351.